The molecule has 4 aliphatic carbocycles. The maximum atomic E-state index is 14.7. The molecule has 0 fully saturated rings. The minimum absolute atomic E-state index is 0.0432. The third-order valence-corrected chi connectivity index (χ3v) is 24.0. The molecule has 0 unspecified atom stereocenters. The number of hydrogen-bond donors (Lipinski definition) is 6. The summed E-state index contributed by atoms with van der Waals surface area (Å²) in [7, 11) is 0. The number of urea groups is 2. The number of rotatable bonds is 28. The number of ketones is 2. The van der Waals surface area contributed by atoms with Crippen LogP contribution < -0.4 is 61.1 Å². The first-order chi connectivity index (χ1) is 65.0. The minimum Gasteiger partial charge on any atom is -0.871 e. The number of aryl methyl sites for hydroxylation is 8. The van der Waals surface area contributed by atoms with E-state index in [0.29, 0.717) is 69.5 Å². The lowest BCUT2D eigenvalue weighted by atomic mass is 9.78. The van der Waals surface area contributed by atoms with Gasteiger partial charge in [0.05, 0.1) is 22.8 Å². The fourth-order valence-corrected chi connectivity index (χ4v) is 16.5. The van der Waals surface area contributed by atoms with Gasteiger partial charge in [-0.15, -0.1) is 0 Å². The Hall–Kier alpha value is -16.1. The highest BCUT2D eigenvalue weighted by atomic mass is 16.3. The summed E-state index contributed by atoms with van der Waals surface area (Å²) in [5.41, 5.74) is 21.8. The van der Waals surface area contributed by atoms with Crippen LogP contribution in [-0.2, 0) is 9.59 Å². The minimum atomic E-state index is -0.506. The maximum Gasteiger partial charge on any atom is 0.319 e. The Bertz CT molecular complexity index is 6590. The molecule has 0 saturated carbocycles. The molecule has 0 saturated heterocycles. The summed E-state index contributed by atoms with van der Waals surface area (Å²) in [5, 5.41) is 47.4. The molecule has 0 atom stereocenters. The number of Topliss-reactive ketones (excluding diaryl/α,β-unsaturated/α-hetero) is 2. The molecule has 0 spiro atoms. The first-order valence-corrected chi connectivity index (χ1v) is 45.8. The van der Waals surface area contributed by atoms with Crippen molar-refractivity contribution in [2.45, 2.75) is 121 Å². The lowest BCUT2D eigenvalue weighted by Gasteiger charge is -2.34. The monoisotopic (exact) mass is 1770 g/mol. The van der Waals surface area contributed by atoms with Gasteiger partial charge in [0.15, 0.2) is 11.6 Å². The Kier molecular flexibility index (Phi) is 29.5. The summed E-state index contributed by atoms with van der Waals surface area (Å²) in [4.78, 5) is 88.5. The molecule has 18 nitrogen and oxygen atoms in total. The van der Waals surface area contributed by atoms with Crippen LogP contribution in [0.15, 0.2) is 373 Å². The molecule has 0 radical (unpaired) electrons. The molecule has 18 heteroatoms. The normalized spacial score (nSPS) is 14.3. The smallest absolute Gasteiger partial charge is 0.319 e. The molecule has 0 aliphatic heterocycles. The van der Waals surface area contributed by atoms with Gasteiger partial charge < -0.3 is 51.9 Å². The van der Waals surface area contributed by atoms with E-state index in [1.165, 1.54) is 0 Å². The Morgan fingerprint density at radius 3 is 0.918 bits per heavy atom. The highest BCUT2D eigenvalue weighted by Gasteiger charge is 2.38. The number of anilines is 8. The standard InChI is InChI=1S/C58H64N6O4.C58H46N4O4/c1-7-9-11-13-35-59-57(67)61-51-37-47(63(43-23-15-39(3)16-24-43)44-25-17-40(4)18-26-44)31-33-49(51)53-55(65)54(56(53)66)50-34-32-48(38-52(50)62-58(68)60-36-14-12-10-8-2)64(45-27-19-41(5)20-28-45)46-29-21-42(6)22-30-46;1-37-15-23-43(24-16-37)61(44-25-17-38(2)18-26-44)47-31-33-49(51(35-47)59-57(65)41-11-7-5-8-12-41)53-55(63)54(56(53)64)50-34-32-48(36-52(50)60-58(66)42-13-9-6-10-14-42)62(45-27-19-39(3)20-28-45)46-29-21-40(4)22-30-46/h15-34,37-38H,7-14,35-36H2,1-6H3,(H4,59,60,61,62,65,66,67,68);5-36H,1-4H3,(H2,59,60,63,64,65,66). The maximum absolute atomic E-state index is 14.7. The van der Waals surface area contributed by atoms with Crippen molar-refractivity contribution < 1.29 is 39.0 Å². The van der Waals surface area contributed by atoms with Crippen molar-refractivity contribution in [1.82, 2.24) is 30.4 Å². The Labute approximate surface area is 784 Å². The van der Waals surface area contributed by atoms with Crippen LogP contribution in [-0.4, -0.2) is 60.0 Å². The van der Waals surface area contributed by atoms with Crippen molar-refractivity contribution in [3.05, 3.63) is 440 Å². The van der Waals surface area contributed by atoms with E-state index in [0.717, 1.165) is 153 Å². The number of hydrogen-bond acceptors (Lipinski definition) is 10. The number of nitrogens with one attached hydrogen (secondary N) is 6. The number of unbranched alkanes of at least 4 members (excludes halogenated alkanes) is 6. The average Bonchev–Trinajstić information content (AvgIpc) is 0.732. The molecule has 0 heterocycles. The van der Waals surface area contributed by atoms with Crippen LogP contribution in [0.2, 0.25) is 0 Å². The van der Waals surface area contributed by atoms with Crippen molar-refractivity contribution in [2.75, 3.05) is 33.5 Å². The number of allylic oxidation sites excluding steroid dienone is 10. The summed E-state index contributed by atoms with van der Waals surface area (Å²) in [5.74, 6) is -2.77. The molecular weight excluding hydrogens is 1660 g/mol. The highest BCUT2D eigenvalue weighted by Crippen LogP contribution is 2.48. The highest BCUT2D eigenvalue weighted by molar-refractivity contribution is 6.41. The van der Waals surface area contributed by atoms with Gasteiger partial charge in [0, 0.05) is 176 Å². The fourth-order valence-electron chi connectivity index (χ4n) is 16.5. The molecule has 0 aromatic heterocycles. The summed E-state index contributed by atoms with van der Waals surface area (Å²) < 4.78 is 4.14. The van der Waals surface area contributed by atoms with E-state index < -0.39 is 47.0 Å². The Morgan fingerprint density at radius 2 is 0.597 bits per heavy atom. The first kappa shape index (κ1) is 92.6. The zero-order chi connectivity index (χ0) is 94.1. The zero-order valence-corrected chi connectivity index (χ0v) is 77.3. The van der Waals surface area contributed by atoms with E-state index in [1.807, 2.05) is 298 Å². The predicted molar refractivity (Wildman–Crippen MR) is 541 cm³/mol. The van der Waals surface area contributed by atoms with Crippen molar-refractivity contribution in [3.63, 3.8) is 0 Å². The van der Waals surface area contributed by atoms with E-state index >= 15 is 0 Å². The Balaban J connectivity index is 0.000000204. The lowest BCUT2D eigenvalue weighted by Crippen LogP contribution is -2.38. The van der Waals surface area contributed by atoms with Gasteiger partial charge in [0.25, 0.3) is 11.8 Å². The van der Waals surface area contributed by atoms with Crippen LogP contribution >= 0.6 is 0 Å². The summed E-state index contributed by atoms with van der Waals surface area (Å²) in [6.45, 7) is 21.5. The quantitative estimate of drug-likeness (QED) is 0.0154. The zero-order valence-electron chi connectivity index (χ0n) is 77.3. The molecule has 12 aromatic rings. The molecule has 4 aliphatic rings. The topological polar surface area (TPSA) is 233 Å². The molecule has 672 valence electrons. The Morgan fingerprint density at radius 1 is 0.306 bits per heavy atom. The number of nitrogens with zero attached hydrogens (tertiary/aromatic N) is 4. The third kappa shape index (κ3) is 21.6. The summed E-state index contributed by atoms with van der Waals surface area (Å²) in [6.07, 6.45) is 18.7. The van der Waals surface area contributed by atoms with Crippen molar-refractivity contribution in [1.29, 1.82) is 0 Å². The number of benzene rings is 12. The van der Waals surface area contributed by atoms with Gasteiger partial charge in [-0.2, -0.15) is 9.15 Å². The van der Waals surface area contributed by atoms with Crippen LogP contribution in [0.25, 0.3) is 11.1 Å². The second-order valence-corrected chi connectivity index (χ2v) is 34.3. The van der Waals surface area contributed by atoms with Crippen LogP contribution in [0.1, 0.15) is 142 Å². The molecular formula is C116H110N10O8. The first-order valence-electron chi connectivity index (χ1n) is 45.8. The summed E-state index contributed by atoms with van der Waals surface area (Å²) >= 11 is 0. The van der Waals surface area contributed by atoms with Gasteiger partial charge in [0.2, 0.25) is 34.2 Å². The molecule has 6 amide bonds. The summed E-state index contributed by atoms with van der Waals surface area (Å²) in [6, 6.07) is 92.7. The molecule has 6 N–H and O–H groups in total. The van der Waals surface area contributed by atoms with Gasteiger partial charge in [-0.05, 0) is 177 Å². The fraction of sp³-hybridized carbons (Fsp3) is 0.172. The van der Waals surface area contributed by atoms with E-state index in [9.17, 15) is 39.0 Å². The van der Waals surface area contributed by atoms with Crippen molar-refractivity contribution in [3.8, 4) is 0 Å². The number of carbonyl (C=O) groups is 6. The van der Waals surface area contributed by atoms with Crippen LogP contribution in [0, 0.1) is 55.4 Å². The van der Waals surface area contributed by atoms with Gasteiger partial charge in [0.1, 0.15) is 0 Å². The largest absolute Gasteiger partial charge is 0.871 e. The second kappa shape index (κ2) is 42.7. The van der Waals surface area contributed by atoms with Gasteiger partial charge >= 0.3 is 12.1 Å². The molecule has 12 aromatic carbocycles. The molecule has 16 rings (SSSR count). The van der Waals surface area contributed by atoms with E-state index in [2.05, 4.69) is 64.7 Å². The van der Waals surface area contributed by atoms with Crippen LogP contribution in [0.5, 0.6) is 0 Å². The van der Waals surface area contributed by atoms with Crippen molar-refractivity contribution in [2.24, 2.45) is 0 Å². The number of carbonyl (C=O) groups excluding carboxylic acids is 6. The average molecular weight is 1770 g/mol. The van der Waals surface area contributed by atoms with Crippen molar-refractivity contribution >= 4 is 126 Å². The molecule has 134 heavy (non-hydrogen) atoms. The molecule has 0 bridgehead atoms. The second-order valence-electron chi connectivity index (χ2n) is 34.3. The third-order valence-electron chi connectivity index (χ3n) is 24.0. The van der Waals surface area contributed by atoms with E-state index in [1.54, 1.807) is 85.0 Å². The van der Waals surface area contributed by atoms with Crippen LogP contribution in [0.3, 0.4) is 0 Å². The van der Waals surface area contributed by atoms with Gasteiger partial charge in [-0.1, -0.05) is 254 Å². The number of amides is 6. The SMILES string of the molecule is CCCCCCNC(=O)NC1=CC(=[N+](c2ccc(C)cc2)c2ccc(C)cc2)C=CC1=C1C(=O)C(c2ccc(N(c3ccc(C)cc3)c3ccc(C)cc3)cc2NC(=O)NCCCCCC)=C1[O-].Cc1ccc(N(c2ccc(C)cc2)c2ccc(C3=C([O-])/C(=C4/C=CC(=[N+](c5ccc(C)cc5)c5ccc(C)cc5)C=C4NC(=O)c4ccccc4)C3=O)c(NC(=O)c3ccccc3)c2)cc1. The van der Waals surface area contributed by atoms with E-state index in [-0.39, 0.29) is 33.4 Å². The lowest BCUT2D eigenvalue weighted by molar-refractivity contribution is -0.298. The van der Waals surface area contributed by atoms with Crippen LogP contribution in [0.4, 0.5) is 77.8 Å². The van der Waals surface area contributed by atoms with Gasteiger partial charge in [-0.25, -0.2) is 9.59 Å². The predicted octanol–water partition coefficient (Wildman–Crippen LogP) is 23.8. The van der Waals surface area contributed by atoms with Gasteiger partial charge in [-0.3, -0.25) is 19.2 Å². The van der Waals surface area contributed by atoms with E-state index in [4.69, 9.17) is 0 Å².